The van der Waals surface area contributed by atoms with E-state index in [1.54, 1.807) is 0 Å². The zero-order valence-corrected chi connectivity index (χ0v) is 41.8. The topological polar surface area (TPSA) is 134 Å². The summed E-state index contributed by atoms with van der Waals surface area (Å²) in [6.45, 7) is 3.79. The number of allylic oxidation sites excluding steroid dienone is 2. The highest BCUT2D eigenvalue weighted by Crippen LogP contribution is 2.43. The van der Waals surface area contributed by atoms with Gasteiger partial charge in [-0.15, -0.1) is 0 Å². The first-order chi connectivity index (χ1) is 30.3. The molecule has 1 unspecified atom stereocenters. The first kappa shape index (κ1) is 60.8. The lowest BCUT2D eigenvalue weighted by Crippen LogP contribution is -2.29. The summed E-state index contributed by atoms with van der Waals surface area (Å²) in [4.78, 5) is 35.1. The van der Waals surface area contributed by atoms with Crippen LogP contribution in [0.3, 0.4) is 0 Å². The van der Waals surface area contributed by atoms with Gasteiger partial charge in [-0.25, -0.2) is 4.57 Å². The number of hydrogen-bond donors (Lipinski definition) is 2. The van der Waals surface area contributed by atoms with Crippen LogP contribution in [-0.4, -0.2) is 49.3 Å². The maximum absolute atomic E-state index is 12.7. The highest BCUT2D eigenvalue weighted by atomic mass is 31.2. The quantitative estimate of drug-likeness (QED) is 0.0265. The van der Waals surface area contributed by atoms with Crippen molar-refractivity contribution in [2.45, 2.75) is 283 Å². The van der Waals surface area contributed by atoms with E-state index in [2.05, 4.69) is 26.0 Å². The lowest BCUT2D eigenvalue weighted by atomic mass is 10.0. The fourth-order valence-electron chi connectivity index (χ4n) is 7.93. The van der Waals surface area contributed by atoms with Gasteiger partial charge in [-0.1, -0.05) is 238 Å². The molecule has 0 aliphatic rings. The summed E-state index contributed by atoms with van der Waals surface area (Å²) in [6, 6.07) is 0. The third kappa shape index (κ3) is 48.2. The summed E-state index contributed by atoms with van der Waals surface area (Å²) in [7, 11) is -4.38. The van der Waals surface area contributed by atoms with Crippen LogP contribution < -0.4 is 5.73 Å². The van der Waals surface area contributed by atoms with E-state index in [4.69, 9.17) is 24.3 Å². The minimum atomic E-state index is -4.38. The highest BCUT2D eigenvalue weighted by Gasteiger charge is 2.26. The number of rotatable bonds is 51. The minimum absolute atomic E-state index is 0.0567. The van der Waals surface area contributed by atoms with Gasteiger partial charge >= 0.3 is 19.8 Å². The van der Waals surface area contributed by atoms with Crippen LogP contribution in [0.15, 0.2) is 12.2 Å². The second-order valence-corrected chi connectivity index (χ2v) is 19.6. The van der Waals surface area contributed by atoms with E-state index >= 15 is 0 Å². The van der Waals surface area contributed by atoms with E-state index in [9.17, 15) is 19.0 Å². The van der Waals surface area contributed by atoms with Gasteiger partial charge < -0.3 is 20.1 Å². The van der Waals surface area contributed by atoms with Crippen molar-refractivity contribution in [1.82, 2.24) is 0 Å². The minimum Gasteiger partial charge on any atom is -0.462 e. The normalized spacial score (nSPS) is 13.2. The number of ether oxygens (including phenoxy) is 2. The number of hydrogen-bond acceptors (Lipinski definition) is 8. The molecule has 0 aromatic rings. The molecule has 9 nitrogen and oxygen atoms in total. The van der Waals surface area contributed by atoms with E-state index < -0.39 is 26.5 Å². The molecule has 0 heterocycles. The molecule has 0 saturated heterocycles. The molecule has 3 N–H and O–H groups in total. The second kappa shape index (κ2) is 49.2. The van der Waals surface area contributed by atoms with Crippen LogP contribution >= 0.6 is 7.82 Å². The largest absolute Gasteiger partial charge is 0.472 e. The predicted octanol–water partition coefficient (Wildman–Crippen LogP) is 16.1. The zero-order chi connectivity index (χ0) is 45.3. The fraction of sp³-hybridized carbons (Fsp3) is 0.923. The third-order valence-corrected chi connectivity index (χ3v) is 12.9. The number of carbonyl (C=O) groups is 2. The van der Waals surface area contributed by atoms with Crippen LogP contribution in [0.5, 0.6) is 0 Å². The summed E-state index contributed by atoms with van der Waals surface area (Å²) >= 11 is 0. The Bertz CT molecular complexity index is 1030. The smallest absolute Gasteiger partial charge is 0.462 e. The molecule has 0 aromatic carbocycles. The molecule has 0 spiro atoms. The van der Waals surface area contributed by atoms with Crippen molar-refractivity contribution < 1.29 is 37.6 Å². The van der Waals surface area contributed by atoms with Gasteiger partial charge in [0.1, 0.15) is 6.61 Å². The van der Waals surface area contributed by atoms with E-state index in [1.807, 2.05) is 0 Å². The average Bonchev–Trinajstić information content (AvgIpc) is 3.26. The van der Waals surface area contributed by atoms with Gasteiger partial charge in [-0.05, 0) is 38.5 Å². The molecule has 0 bridgehead atoms. The van der Waals surface area contributed by atoms with Crippen molar-refractivity contribution in [3.05, 3.63) is 12.2 Å². The summed E-state index contributed by atoms with van der Waals surface area (Å²) < 4.78 is 33.0. The summed E-state index contributed by atoms with van der Waals surface area (Å²) in [5.41, 5.74) is 5.37. The Balaban J connectivity index is 3.98. The van der Waals surface area contributed by atoms with E-state index in [0.29, 0.717) is 6.42 Å². The Morgan fingerprint density at radius 2 is 0.790 bits per heavy atom. The molecule has 0 rings (SSSR count). The van der Waals surface area contributed by atoms with Gasteiger partial charge in [0.15, 0.2) is 6.10 Å². The summed E-state index contributed by atoms with van der Waals surface area (Å²) in [6.07, 6.45) is 53.9. The van der Waals surface area contributed by atoms with Crippen molar-refractivity contribution in [3.63, 3.8) is 0 Å². The molecule has 368 valence electrons. The van der Waals surface area contributed by atoms with E-state index in [-0.39, 0.29) is 38.6 Å². The molecule has 62 heavy (non-hydrogen) atoms. The molecule has 2 atom stereocenters. The van der Waals surface area contributed by atoms with Crippen molar-refractivity contribution in [2.75, 3.05) is 26.4 Å². The Labute approximate surface area is 383 Å². The van der Waals surface area contributed by atoms with E-state index in [0.717, 1.165) is 32.1 Å². The Morgan fingerprint density at radius 1 is 0.468 bits per heavy atom. The number of unbranched alkanes of at least 4 members (excludes halogenated alkanes) is 36. The molecule has 0 aromatic heterocycles. The summed E-state index contributed by atoms with van der Waals surface area (Å²) in [5.74, 6) is -0.811. The van der Waals surface area contributed by atoms with Crippen LogP contribution in [0, 0.1) is 0 Å². The molecule has 0 aliphatic carbocycles. The average molecular weight is 900 g/mol. The molecule has 0 fully saturated rings. The van der Waals surface area contributed by atoms with Crippen LogP contribution in [0.2, 0.25) is 0 Å². The standard InChI is InChI=1S/C52H102NO8P/c1-3-5-7-9-11-13-15-17-19-21-23-25-27-29-31-33-35-37-39-41-43-45-52(55)61-50(49-60-62(56,57)59-47-46-53)48-58-51(54)44-42-40-38-36-34-32-30-28-26-24-22-20-18-16-14-12-10-8-6-4-2/h17,19,50H,3-16,18,20-49,53H2,1-2H3,(H,56,57)/b19-17+/t50-/m1/s1. The van der Waals surface area contributed by atoms with Gasteiger partial charge in [0.2, 0.25) is 0 Å². The third-order valence-electron chi connectivity index (χ3n) is 11.9. The first-order valence-corrected chi connectivity index (χ1v) is 28.2. The zero-order valence-electron chi connectivity index (χ0n) is 40.9. The molecule has 0 aliphatic heterocycles. The maximum atomic E-state index is 12.7. The Kier molecular flexibility index (Phi) is 48.2. The Hall–Kier alpha value is -1.25. The van der Waals surface area contributed by atoms with Crippen LogP contribution in [-0.2, 0) is 32.7 Å². The number of esters is 2. The van der Waals surface area contributed by atoms with Crippen LogP contribution in [0.25, 0.3) is 0 Å². The molecular formula is C52H102NO8P. The lowest BCUT2D eigenvalue weighted by Gasteiger charge is -2.19. The molecule has 10 heteroatoms. The first-order valence-electron chi connectivity index (χ1n) is 26.7. The van der Waals surface area contributed by atoms with Crippen LogP contribution in [0.1, 0.15) is 277 Å². The Morgan fingerprint density at radius 3 is 1.15 bits per heavy atom. The SMILES string of the molecule is CCCCCCCC/C=C/CCCCCCCCCCCCCC(=O)O[C@H](COC(=O)CCCCCCCCCCCCCCCCCCCCCC)COP(=O)(O)OCCN. The van der Waals surface area contributed by atoms with E-state index in [1.165, 1.54) is 212 Å². The molecule has 0 amide bonds. The maximum Gasteiger partial charge on any atom is 0.472 e. The predicted molar refractivity (Wildman–Crippen MR) is 261 cm³/mol. The van der Waals surface area contributed by atoms with Crippen molar-refractivity contribution >= 4 is 19.8 Å². The molecule has 0 radical (unpaired) electrons. The van der Waals surface area contributed by atoms with Gasteiger partial charge in [0.25, 0.3) is 0 Å². The molecular weight excluding hydrogens is 798 g/mol. The fourth-order valence-corrected chi connectivity index (χ4v) is 8.69. The number of carbonyl (C=O) groups excluding carboxylic acids is 2. The van der Waals surface area contributed by atoms with Gasteiger partial charge in [0.05, 0.1) is 13.2 Å². The van der Waals surface area contributed by atoms with Gasteiger partial charge in [-0.2, -0.15) is 0 Å². The van der Waals surface area contributed by atoms with Gasteiger partial charge in [-0.3, -0.25) is 18.6 Å². The monoisotopic (exact) mass is 900 g/mol. The molecule has 0 saturated carbocycles. The van der Waals surface area contributed by atoms with Crippen LogP contribution in [0.4, 0.5) is 0 Å². The summed E-state index contributed by atoms with van der Waals surface area (Å²) in [5, 5.41) is 0. The second-order valence-electron chi connectivity index (χ2n) is 18.1. The van der Waals surface area contributed by atoms with Crippen molar-refractivity contribution in [3.8, 4) is 0 Å². The number of phosphoric ester groups is 1. The lowest BCUT2D eigenvalue weighted by molar-refractivity contribution is -0.161. The number of phosphoric acid groups is 1. The van der Waals surface area contributed by atoms with Crippen molar-refractivity contribution in [2.24, 2.45) is 5.73 Å². The highest BCUT2D eigenvalue weighted by molar-refractivity contribution is 7.47. The van der Waals surface area contributed by atoms with Crippen molar-refractivity contribution in [1.29, 1.82) is 0 Å². The number of nitrogens with two attached hydrogens (primary N) is 1. The van der Waals surface area contributed by atoms with Gasteiger partial charge in [0, 0.05) is 19.4 Å².